The van der Waals surface area contributed by atoms with Crippen molar-refractivity contribution in [1.82, 2.24) is 4.90 Å². The van der Waals surface area contributed by atoms with Crippen LogP contribution in [0.3, 0.4) is 0 Å². The lowest BCUT2D eigenvalue weighted by Gasteiger charge is -2.16. The first-order chi connectivity index (χ1) is 10.6. The molecule has 0 aromatic heterocycles. The second-order valence-corrected chi connectivity index (χ2v) is 6.05. The van der Waals surface area contributed by atoms with Gasteiger partial charge in [-0.15, -0.1) is 0 Å². The Hall–Kier alpha value is -2.00. The van der Waals surface area contributed by atoms with Crippen LogP contribution in [0.1, 0.15) is 18.4 Å². The number of hydrogen-bond donors (Lipinski definition) is 0. The van der Waals surface area contributed by atoms with Crippen molar-refractivity contribution in [3.63, 3.8) is 0 Å². The van der Waals surface area contributed by atoms with Crippen LogP contribution in [0.4, 0.5) is 0 Å². The lowest BCUT2D eigenvalue weighted by atomic mass is 10.1. The van der Waals surface area contributed by atoms with Gasteiger partial charge in [-0.3, -0.25) is 4.79 Å². The van der Waals surface area contributed by atoms with Gasteiger partial charge >= 0.3 is 0 Å². The summed E-state index contributed by atoms with van der Waals surface area (Å²) in [7, 11) is 1.89. The largest absolute Gasteiger partial charge is 0.457 e. The van der Waals surface area contributed by atoms with E-state index in [1.807, 2.05) is 48.3 Å². The number of ether oxygens (including phenoxy) is 1. The maximum Gasteiger partial charge on any atom is 0.226 e. The Kier molecular flexibility index (Phi) is 4.34. The highest BCUT2D eigenvalue weighted by Gasteiger charge is 2.29. The fourth-order valence-corrected chi connectivity index (χ4v) is 2.40. The molecule has 0 aliphatic heterocycles. The third-order valence-electron chi connectivity index (χ3n) is 3.82. The van der Waals surface area contributed by atoms with E-state index >= 15 is 0 Å². The van der Waals surface area contributed by atoms with Crippen LogP contribution in [0.2, 0.25) is 5.02 Å². The SMILES string of the molecule is CN(C(=O)Cc1ccc(Oc2ccc(Cl)cc2)cc1)C1CC1. The number of hydrogen-bond acceptors (Lipinski definition) is 2. The molecule has 4 heteroatoms. The normalized spacial score (nSPS) is 13.7. The number of benzene rings is 2. The van der Waals surface area contributed by atoms with E-state index in [0.29, 0.717) is 17.5 Å². The van der Waals surface area contributed by atoms with E-state index in [1.54, 1.807) is 12.1 Å². The van der Waals surface area contributed by atoms with Crippen molar-refractivity contribution in [1.29, 1.82) is 0 Å². The standard InChI is InChI=1S/C18H18ClNO2/c1-20(15-6-7-15)18(21)12-13-2-8-16(9-3-13)22-17-10-4-14(19)5-11-17/h2-5,8-11,15H,6-7,12H2,1H3. The van der Waals surface area contributed by atoms with Gasteiger partial charge in [0, 0.05) is 18.1 Å². The van der Waals surface area contributed by atoms with Crippen LogP contribution in [-0.2, 0) is 11.2 Å². The number of halogens is 1. The summed E-state index contributed by atoms with van der Waals surface area (Å²) in [6.45, 7) is 0. The Morgan fingerprint density at radius 1 is 1.09 bits per heavy atom. The molecule has 114 valence electrons. The lowest BCUT2D eigenvalue weighted by molar-refractivity contribution is -0.129. The molecule has 0 spiro atoms. The van der Waals surface area contributed by atoms with E-state index in [0.717, 1.165) is 29.9 Å². The van der Waals surface area contributed by atoms with Crippen molar-refractivity contribution in [2.24, 2.45) is 0 Å². The van der Waals surface area contributed by atoms with Gasteiger partial charge in [0.2, 0.25) is 5.91 Å². The zero-order chi connectivity index (χ0) is 15.5. The van der Waals surface area contributed by atoms with Crippen molar-refractivity contribution >= 4 is 17.5 Å². The van der Waals surface area contributed by atoms with Crippen LogP contribution in [-0.4, -0.2) is 23.9 Å². The van der Waals surface area contributed by atoms with Crippen LogP contribution in [0.25, 0.3) is 0 Å². The Morgan fingerprint density at radius 3 is 2.18 bits per heavy atom. The Bertz CT molecular complexity index is 648. The van der Waals surface area contributed by atoms with Crippen LogP contribution >= 0.6 is 11.6 Å². The minimum atomic E-state index is 0.175. The topological polar surface area (TPSA) is 29.5 Å². The highest BCUT2D eigenvalue weighted by molar-refractivity contribution is 6.30. The molecule has 2 aromatic rings. The van der Waals surface area contributed by atoms with E-state index < -0.39 is 0 Å². The van der Waals surface area contributed by atoms with Crippen molar-refractivity contribution in [3.8, 4) is 11.5 Å². The van der Waals surface area contributed by atoms with Gasteiger partial charge in [0.15, 0.2) is 0 Å². The number of carbonyl (C=O) groups is 1. The quantitative estimate of drug-likeness (QED) is 0.823. The number of amides is 1. The van der Waals surface area contributed by atoms with E-state index in [9.17, 15) is 4.79 Å². The molecular formula is C18H18ClNO2. The molecule has 1 amide bonds. The average Bonchev–Trinajstić information content (AvgIpc) is 3.35. The summed E-state index contributed by atoms with van der Waals surface area (Å²) < 4.78 is 5.74. The van der Waals surface area contributed by atoms with Gasteiger partial charge in [0.1, 0.15) is 11.5 Å². The predicted molar refractivity (Wildman–Crippen MR) is 87.5 cm³/mol. The summed E-state index contributed by atoms with van der Waals surface area (Å²) in [6, 6.07) is 15.3. The molecule has 22 heavy (non-hydrogen) atoms. The Labute approximate surface area is 135 Å². The summed E-state index contributed by atoms with van der Waals surface area (Å²) in [5, 5.41) is 0.681. The average molecular weight is 316 g/mol. The third-order valence-corrected chi connectivity index (χ3v) is 4.07. The lowest BCUT2D eigenvalue weighted by Crippen LogP contribution is -2.30. The van der Waals surface area contributed by atoms with Crippen LogP contribution < -0.4 is 4.74 Å². The van der Waals surface area contributed by atoms with E-state index in [-0.39, 0.29) is 5.91 Å². The smallest absolute Gasteiger partial charge is 0.226 e. The minimum Gasteiger partial charge on any atom is -0.457 e. The molecule has 0 saturated heterocycles. The van der Waals surface area contributed by atoms with E-state index in [2.05, 4.69) is 0 Å². The van der Waals surface area contributed by atoms with E-state index in [4.69, 9.17) is 16.3 Å². The molecule has 0 radical (unpaired) electrons. The molecule has 1 aliphatic rings. The number of nitrogens with zero attached hydrogens (tertiary/aromatic N) is 1. The summed E-state index contributed by atoms with van der Waals surface area (Å²) in [6.07, 6.45) is 2.71. The predicted octanol–water partition coefficient (Wildman–Crippen LogP) is 4.30. The molecule has 0 heterocycles. The van der Waals surface area contributed by atoms with Crippen LogP contribution in [0.15, 0.2) is 48.5 Å². The first-order valence-corrected chi connectivity index (χ1v) is 7.77. The maximum atomic E-state index is 12.1. The van der Waals surface area contributed by atoms with Gasteiger partial charge in [-0.25, -0.2) is 0 Å². The molecule has 2 aromatic carbocycles. The second kappa shape index (κ2) is 6.41. The molecule has 3 nitrogen and oxygen atoms in total. The highest BCUT2D eigenvalue weighted by Crippen LogP contribution is 2.26. The Morgan fingerprint density at radius 2 is 1.64 bits per heavy atom. The first kappa shape index (κ1) is 14.9. The van der Waals surface area contributed by atoms with Gasteiger partial charge in [0.25, 0.3) is 0 Å². The molecular weight excluding hydrogens is 298 g/mol. The van der Waals surface area contributed by atoms with Gasteiger partial charge in [0.05, 0.1) is 6.42 Å². The monoisotopic (exact) mass is 315 g/mol. The maximum absolute atomic E-state index is 12.1. The van der Waals surface area contributed by atoms with Gasteiger partial charge < -0.3 is 9.64 Å². The fourth-order valence-electron chi connectivity index (χ4n) is 2.28. The summed E-state index contributed by atoms with van der Waals surface area (Å²) in [5.41, 5.74) is 1.00. The number of carbonyl (C=O) groups excluding carboxylic acids is 1. The van der Waals surface area contributed by atoms with Crippen molar-refractivity contribution in [3.05, 3.63) is 59.1 Å². The van der Waals surface area contributed by atoms with Crippen LogP contribution in [0, 0.1) is 0 Å². The molecule has 1 aliphatic carbocycles. The summed E-state index contributed by atoms with van der Waals surface area (Å²) in [4.78, 5) is 13.9. The van der Waals surface area contributed by atoms with E-state index in [1.165, 1.54) is 0 Å². The molecule has 0 bridgehead atoms. The van der Waals surface area contributed by atoms with Crippen molar-refractivity contribution in [2.75, 3.05) is 7.05 Å². The fraction of sp³-hybridized carbons (Fsp3) is 0.278. The minimum absolute atomic E-state index is 0.175. The van der Waals surface area contributed by atoms with Gasteiger partial charge in [-0.05, 0) is 54.8 Å². The van der Waals surface area contributed by atoms with Crippen LogP contribution in [0.5, 0.6) is 11.5 Å². The molecule has 3 rings (SSSR count). The molecule has 0 atom stereocenters. The summed E-state index contributed by atoms with van der Waals surface area (Å²) >= 11 is 5.84. The van der Waals surface area contributed by atoms with Crippen molar-refractivity contribution in [2.45, 2.75) is 25.3 Å². The first-order valence-electron chi connectivity index (χ1n) is 7.40. The third kappa shape index (κ3) is 3.80. The number of rotatable bonds is 5. The molecule has 0 N–H and O–H groups in total. The molecule has 1 saturated carbocycles. The van der Waals surface area contributed by atoms with Gasteiger partial charge in [-0.2, -0.15) is 0 Å². The van der Waals surface area contributed by atoms with Gasteiger partial charge in [-0.1, -0.05) is 23.7 Å². The highest BCUT2D eigenvalue weighted by atomic mass is 35.5. The molecule has 1 fully saturated rings. The zero-order valence-electron chi connectivity index (χ0n) is 12.5. The number of likely N-dealkylation sites (N-methyl/N-ethyl adjacent to an activating group) is 1. The molecule has 0 unspecified atom stereocenters. The van der Waals surface area contributed by atoms with Crippen molar-refractivity contribution < 1.29 is 9.53 Å². The zero-order valence-corrected chi connectivity index (χ0v) is 13.2. The second-order valence-electron chi connectivity index (χ2n) is 5.61. The summed E-state index contributed by atoms with van der Waals surface area (Å²) in [5.74, 6) is 1.66. The Balaban J connectivity index is 1.59.